The van der Waals surface area contributed by atoms with Gasteiger partial charge >= 0.3 is 0 Å². The normalized spacial score (nSPS) is 22.6. The molecule has 1 aliphatic rings. The summed E-state index contributed by atoms with van der Waals surface area (Å²) in [7, 11) is 0. The molecule has 1 fully saturated rings. The first-order chi connectivity index (χ1) is 3.39. The van der Waals surface area contributed by atoms with Gasteiger partial charge in [0.25, 0.3) is 0 Å². The van der Waals surface area contributed by atoms with Gasteiger partial charge in [-0.2, -0.15) is 0 Å². The van der Waals surface area contributed by atoms with E-state index in [4.69, 9.17) is 4.18 Å². The molecule has 0 radical (unpaired) electrons. The van der Waals surface area contributed by atoms with Crippen molar-refractivity contribution in [3.63, 3.8) is 0 Å². The van der Waals surface area contributed by atoms with Gasteiger partial charge in [0.1, 0.15) is 0 Å². The van der Waals surface area contributed by atoms with Crippen LogP contribution in [0, 0.1) is 0 Å². The highest BCUT2D eigenvalue weighted by Crippen LogP contribution is 2.15. The van der Waals surface area contributed by atoms with Crippen LogP contribution in [0.2, 0.25) is 0 Å². The van der Waals surface area contributed by atoms with Crippen molar-refractivity contribution in [1.82, 2.24) is 0 Å². The average Bonchev–Trinajstić information content (AvgIpc) is 1.69. The molecule has 0 aromatic carbocycles. The first-order valence-corrected chi connectivity index (χ1v) is 2.96. The minimum Gasteiger partial charge on any atom is -0.308 e. The lowest BCUT2D eigenvalue weighted by Gasteiger charge is -2.05. The predicted octanol–water partition coefficient (Wildman–Crippen LogP) is 0.972. The summed E-state index contributed by atoms with van der Waals surface area (Å²) in [5, 5.41) is 0.159. The van der Waals surface area contributed by atoms with Crippen molar-refractivity contribution < 1.29 is 8.98 Å². The molecule has 0 amide bonds. The van der Waals surface area contributed by atoms with Crippen molar-refractivity contribution in [2.45, 2.75) is 12.8 Å². The largest absolute Gasteiger partial charge is 0.308 e. The van der Waals surface area contributed by atoms with Gasteiger partial charge in [-0.1, -0.05) is 0 Å². The fourth-order valence-corrected chi connectivity index (χ4v) is 0.985. The van der Waals surface area contributed by atoms with Crippen LogP contribution in [0.25, 0.3) is 0 Å². The Morgan fingerprint density at radius 3 is 2.86 bits per heavy atom. The lowest BCUT2D eigenvalue weighted by molar-refractivity contribution is -0.112. The van der Waals surface area contributed by atoms with Gasteiger partial charge in [0, 0.05) is 6.42 Å². The molecule has 1 saturated heterocycles. The fourth-order valence-electron chi connectivity index (χ4n) is 0.424. The first-order valence-electron chi connectivity index (χ1n) is 2.22. The van der Waals surface area contributed by atoms with Crippen LogP contribution in [0.15, 0.2) is 0 Å². The maximum absolute atomic E-state index is 10.3. The Morgan fingerprint density at radius 2 is 2.57 bits per heavy atom. The number of hydrogen-bond acceptors (Lipinski definition) is 3. The van der Waals surface area contributed by atoms with E-state index in [1.165, 1.54) is 0 Å². The second kappa shape index (κ2) is 2.33. The van der Waals surface area contributed by atoms with Gasteiger partial charge in [-0.15, -0.1) is 0 Å². The standard InChI is InChI=1S/C4H6O2S/c5-4-2-1-3-6-7-4/h1-3H2. The smallest absolute Gasteiger partial charge is 0.215 e. The van der Waals surface area contributed by atoms with Crippen molar-refractivity contribution >= 4 is 17.2 Å². The summed E-state index contributed by atoms with van der Waals surface area (Å²) in [5.74, 6) is 0. The first kappa shape index (κ1) is 5.12. The third kappa shape index (κ3) is 1.49. The third-order valence-electron chi connectivity index (χ3n) is 0.760. The zero-order valence-electron chi connectivity index (χ0n) is 3.85. The van der Waals surface area contributed by atoms with Crippen LogP contribution in [0.5, 0.6) is 0 Å². The molecule has 0 spiro atoms. The van der Waals surface area contributed by atoms with E-state index >= 15 is 0 Å². The molecule has 2 nitrogen and oxygen atoms in total. The molecular weight excluding hydrogens is 112 g/mol. The van der Waals surface area contributed by atoms with E-state index in [1.807, 2.05) is 0 Å². The predicted molar refractivity (Wildman–Crippen MR) is 27.8 cm³/mol. The van der Waals surface area contributed by atoms with Gasteiger partial charge in [-0.25, -0.2) is 0 Å². The molecule has 1 heterocycles. The van der Waals surface area contributed by atoms with E-state index in [1.54, 1.807) is 0 Å². The summed E-state index contributed by atoms with van der Waals surface area (Å²) in [4.78, 5) is 10.3. The highest BCUT2D eigenvalue weighted by molar-refractivity contribution is 8.09. The average molecular weight is 118 g/mol. The van der Waals surface area contributed by atoms with Crippen LogP contribution < -0.4 is 0 Å². The van der Waals surface area contributed by atoms with Gasteiger partial charge in [0.2, 0.25) is 5.12 Å². The molecule has 0 saturated carbocycles. The van der Waals surface area contributed by atoms with Crippen LogP contribution in [0.1, 0.15) is 12.8 Å². The van der Waals surface area contributed by atoms with E-state index < -0.39 is 0 Å². The van der Waals surface area contributed by atoms with Crippen LogP contribution in [0.3, 0.4) is 0 Å². The van der Waals surface area contributed by atoms with Crippen molar-refractivity contribution in [2.75, 3.05) is 6.61 Å². The van der Waals surface area contributed by atoms with Crippen molar-refractivity contribution in [3.05, 3.63) is 0 Å². The molecule has 0 aliphatic carbocycles. The maximum Gasteiger partial charge on any atom is 0.215 e. The second-order valence-corrected chi connectivity index (χ2v) is 2.24. The summed E-state index contributed by atoms with van der Waals surface area (Å²) in [6.45, 7) is 0.733. The van der Waals surface area contributed by atoms with E-state index in [2.05, 4.69) is 0 Å². The van der Waals surface area contributed by atoms with Gasteiger partial charge < -0.3 is 4.18 Å². The third-order valence-corrected chi connectivity index (χ3v) is 1.43. The summed E-state index contributed by atoms with van der Waals surface area (Å²) in [6, 6.07) is 0. The van der Waals surface area contributed by atoms with Crippen LogP contribution in [-0.2, 0) is 8.98 Å². The molecule has 0 aromatic heterocycles. The van der Waals surface area contributed by atoms with E-state index in [0.717, 1.165) is 25.1 Å². The molecule has 0 atom stereocenters. The molecule has 40 valence electrons. The number of hydrogen-bond donors (Lipinski definition) is 0. The van der Waals surface area contributed by atoms with Crippen LogP contribution in [0.4, 0.5) is 0 Å². The van der Waals surface area contributed by atoms with Gasteiger partial charge in [0.15, 0.2) is 0 Å². The van der Waals surface area contributed by atoms with E-state index in [9.17, 15) is 4.79 Å². The monoisotopic (exact) mass is 118 g/mol. The molecule has 3 heteroatoms. The highest BCUT2D eigenvalue weighted by atomic mass is 32.2. The fraction of sp³-hybridized carbons (Fsp3) is 0.750. The maximum atomic E-state index is 10.3. The van der Waals surface area contributed by atoms with Crippen LogP contribution in [-0.4, -0.2) is 11.7 Å². The van der Waals surface area contributed by atoms with Crippen molar-refractivity contribution in [2.24, 2.45) is 0 Å². The number of rotatable bonds is 0. The van der Waals surface area contributed by atoms with E-state index in [-0.39, 0.29) is 5.12 Å². The van der Waals surface area contributed by atoms with Crippen molar-refractivity contribution in [1.29, 1.82) is 0 Å². The molecule has 7 heavy (non-hydrogen) atoms. The van der Waals surface area contributed by atoms with Crippen LogP contribution >= 0.6 is 12.0 Å². The molecule has 0 bridgehead atoms. The Kier molecular flexibility index (Phi) is 1.70. The SMILES string of the molecule is O=C1CCCOS1. The van der Waals surface area contributed by atoms with E-state index in [0.29, 0.717) is 6.42 Å². The Morgan fingerprint density at radius 1 is 1.71 bits per heavy atom. The number of carbonyl (C=O) groups excluding carboxylic acids is 1. The Labute approximate surface area is 46.4 Å². The Balaban J connectivity index is 2.25. The Hall–Kier alpha value is -0.0200. The summed E-state index contributed by atoms with van der Waals surface area (Å²) in [6.07, 6.45) is 1.58. The quantitative estimate of drug-likeness (QED) is 0.443. The highest BCUT2D eigenvalue weighted by Gasteiger charge is 2.08. The molecule has 0 unspecified atom stereocenters. The molecule has 1 aliphatic heterocycles. The molecule has 0 aromatic rings. The minimum atomic E-state index is 0.159. The lowest BCUT2D eigenvalue weighted by Crippen LogP contribution is -2.02. The lowest BCUT2D eigenvalue weighted by atomic mass is 10.3. The topological polar surface area (TPSA) is 26.3 Å². The summed E-state index contributed by atoms with van der Waals surface area (Å²) >= 11 is 0.979. The zero-order valence-corrected chi connectivity index (χ0v) is 4.66. The second-order valence-electron chi connectivity index (χ2n) is 1.38. The molecular formula is C4H6O2S. The van der Waals surface area contributed by atoms with Gasteiger partial charge in [0.05, 0.1) is 18.6 Å². The molecule has 0 N–H and O–H groups in total. The molecule has 1 rings (SSSR count). The summed E-state index contributed by atoms with van der Waals surface area (Å²) in [5.41, 5.74) is 0. The minimum absolute atomic E-state index is 0.159. The van der Waals surface area contributed by atoms with Gasteiger partial charge in [-0.05, 0) is 6.42 Å². The van der Waals surface area contributed by atoms with Gasteiger partial charge in [-0.3, -0.25) is 4.79 Å². The number of carbonyl (C=O) groups is 1. The summed E-state index contributed by atoms with van der Waals surface area (Å²) < 4.78 is 4.75. The Bertz CT molecular complexity index is 73.8. The van der Waals surface area contributed by atoms with Crippen molar-refractivity contribution in [3.8, 4) is 0 Å². The zero-order chi connectivity index (χ0) is 5.11.